The van der Waals surface area contributed by atoms with Crippen molar-refractivity contribution >= 4 is 11.9 Å². The second kappa shape index (κ2) is 8.68. The highest BCUT2D eigenvalue weighted by atomic mass is 19.3. The fourth-order valence-electron chi connectivity index (χ4n) is 4.57. The maximum atomic E-state index is 14.9. The minimum Gasteiger partial charge on any atom is -0.478 e. The predicted molar refractivity (Wildman–Crippen MR) is 116 cm³/mol. The van der Waals surface area contributed by atoms with Crippen LogP contribution in [0, 0.1) is 11.6 Å². The van der Waals surface area contributed by atoms with Crippen molar-refractivity contribution < 1.29 is 27.1 Å². The molecule has 1 amide bonds. The first-order valence-corrected chi connectivity index (χ1v) is 11.4. The number of alkyl halides is 2. The lowest BCUT2D eigenvalue weighted by atomic mass is 10.0. The molecule has 182 valence electrons. The van der Waals surface area contributed by atoms with Gasteiger partial charge in [0.25, 0.3) is 11.8 Å². The van der Waals surface area contributed by atoms with Gasteiger partial charge in [-0.2, -0.15) is 8.78 Å². The number of hydrogen-bond acceptors (Lipinski definition) is 6. The van der Waals surface area contributed by atoms with Gasteiger partial charge in [-0.3, -0.25) is 4.79 Å². The van der Waals surface area contributed by atoms with Gasteiger partial charge in [0.2, 0.25) is 5.95 Å². The van der Waals surface area contributed by atoms with Crippen LogP contribution in [-0.4, -0.2) is 66.1 Å². The zero-order valence-electron chi connectivity index (χ0n) is 18.7. The van der Waals surface area contributed by atoms with E-state index in [1.165, 1.54) is 0 Å². The molecule has 0 spiro atoms. The Labute approximate surface area is 194 Å². The molecule has 2 fully saturated rings. The first-order chi connectivity index (χ1) is 16.2. The number of hydrogen-bond donors (Lipinski definition) is 1. The molecule has 34 heavy (non-hydrogen) atoms. The summed E-state index contributed by atoms with van der Waals surface area (Å²) in [6.45, 7) is 4.33. The van der Waals surface area contributed by atoms with E-state index in [1.54, 1.807) is 9.80 Å². The lowest BCUT2D eigenvalue weighted by Crippen LogP contribution is -2.48. The zero-order valence-corrected chi connectivity index (χ0v) is 18.7. The Kier molecular flexibility index (Phi) is 5.83. The van der Waals surface area contributed by atoms with E-state index in [2.05, 4.69) is 15.3 Å². The van der Waals surface area contributed by atoms with Gasteiger partial charge in [-0.1, -0.05) is 0 Å². The predicted octanol–water partition coefficient (Wildman–Crippen LogP) is 2.87. The Balaban J connectivity index is 1.44. The van der Waals surface area contributed by atoms with Crippen LogP contribution in [0.2, 0.25) is 0 Å². The van der Waals surface area contributed by atoms with Crippen molar-refractivity contribution in [3.05, 3.63) is 35.0 Å². The summed E-state index contributed by atoms with van der Waals surface area (Å²) in [6.07, 6.45) is 0.464. The molecular formula is C23H25F4N5O2. The van der Waals surface area contributed by atoms with Crippen LogP contribution in [0.4, 0.5) is 23.5 Å². The minimum atomic E-state index is -3.12. The summed E-state index contributed by atoms with van der Waals surface area (Å²) in [7, 11) is 0. The Morgan fingerprint density at radius 3 is 2.50 bits per heavy atom. The third kappa shape index (κ3) is 4.06. The van der Waals surface area contributed by atoms with Gasteiger partial charge in [-0.05, 0) is 31.9 Å². The van der Waals surface area contributed by atoms with Gasteiger partial charge >= 0.3 is 0 Å². The van der Waals surface area contributed by atoms with Gasteiger partial charge in [0.05, 0.1) is 5.69 Å². The minimum absolute atomic E-state index is 0.00812. The molecule has 1 aromatic heterocycles. The van der Waals surface area contributed by atoms with Crippen molar-refractivity contribution in [1.82, 2.24) is 20.2 Å². The summed E-state index contributed by atoms with van der Waals surface area (Å²) in [6, 6.07) is 2.12. The van der Waals surface area contributed by atoms with E-state index in [1.807, 2.05) is 6.92 Å². The topological polar surface area (TPSA) is 70.6 Å². The number of fused-ring (bicyclic) bond motifs is 1. The van der Waals surface area contributed by atoms with E-state index >= 15 is 0 Å². The lowest BCUT2D eigenvalue weighted by molar-refractivity contribution is -0.134. The van der Waals surface area contributed by atoms with Gasteiger partial charge in [0, 0.05) is 56.3 Å². The highest BCUT2D eigenvalue weighted by Gasteiger charge is 2.44. The molecule has 3 aliphatic rings. The monoisotopic (exact) mass is 479 g/mol. The SMILES string of the molecule is CC1CCN1c1nc(-c2cc(F)c(OCC(=O)N3CCNCC3)c(F)c2)c2c(n1)C(F)(F)CC2. The average molecular weight is 479 g/mol. The fraction of sp³-hybridized carbons (Fsp3) is 0.522. The van der Waals surface area contributed by atoms with Crippen molar-refractivity contribution in [2.75, 3.05) is 44.2 Å². The molecule has 0 bridgehead atoms. The van der Waals surface area contributed by atoms with Crippen LogP contribution in [0.25, 0.3) is 11.3 Å². The number of piperazine rings is 1. The van der Waals surface area contributed by atoms with Gasteiger partial charge in [-0.25, -0.2) is 18.7 Å². The van der Waals surface area contributed by atoms with E-state index in [4.69, 9.17) is 4.74 Å². The normalized spacial score (nSPS) is 21.3. The molecule has 2 saturated heterocycles. The van der Waals surface area contributed by atoms with E-state index in [9.17, 15) is 22.4 Å². The van der Waals surface area contributed by atoms with E-state index < -0.39 is 36.3 Å². The Hall–Kier alpha value is -2.95. The summed E-state index contributed by atoms with van der Waals surface area (Å²) in [4.78, 5) is 24.2. The molecule has 11 heteroatoms. The van der Waals surface area contributed by atoms with E-state index in [0.29, 0.717) is 32.7 Å². The summed E-state index contributed by atoms with van der Waals surface area (Å²) in [5.74, 6) is -6.09. The van der Waals surface area contributed by atoms with Gasteiger partial charge in [0.1, 0.15) is 5.69 Å². The van der Waals surface area contributed by atoms with Crippen molar-refractivity contribution in [1.29, 1.82) is 0 Å². The van der Waals surface area contributed by atoms with Crippen molar-refractivity contribution in [3.63, 3.8) is 0 Å². The molecule has 1 aliphatic carbocycles. The molecule has 7 nitrogen and oxygen atoms in total. The summed E-state index contributed by atoms with van der Waals surface area (Å²) in [5.41, 5.74) is -0.0586. The summed E-state index contributed by atoms with van der Waals surface area (Å²) in [5, 5.41) is 3.11. The number of carbonyl (C=O) groups is 1. The Morgan fingerprint density at radius 1 is 1.18 bits per heavy atom. The number of nitrogens with zero attached hydrogens (tertiary/aromatic N) is 4. The number of ether oxygens (including phenoxy) is 1. The lowest BCUT2D eigenvalue weighted by Gasteiger charge is -2.39. The number of anilines is 1. The maximum absolute atomic E-state index is 14.9. The van der Waals surface area contributed by atoms with Crippen LogP contribution in [0.3, 0.4) is 0 Å². The number of aromatic nitrogens is 2. The quantitative estimate of drug-likeness (QED) is 0.666. The fourth-order valence-corrected chi connectivity index (χ4v) is 4.57. The van der Waals surface area contributed by atoms with Crippen molar-refractivity contribution in [2.45, 2.75) is 38.2 Å². The standard InChI is InChI=1S/C23H25F4N5O2/c1-13-3-7-32(13)22-29-19(15-2-4-23(26,27)21(15)30-22)14-10-16(24)20(17(25)11-14)34-12-18(33)31-8-5-28-6-9-31/h10-11,13,28H,2-9,12H2,1H3. The molecule has 2 aliphatic heterocycles. The van der Waals surface area contributed by atoms with Gasteiger partial charge in [0.15, 0.2) is 24.0 Å². The van der Waals surface area contributed by atoms with E-state index in [0.717, 1.165) is 18.6 Å². The van der Waals surface area contributed by atoms with Crippen LogP contribution in [0.5, 0.6) is 5.75 Å². The third-order valence-corrected chi connectivity index (χ3v) is 6.69. The highest BCUT2D eigenvalue weighted by Crippen LogP contribution is 2.45. The molecule has 2 aromatic rings. The van der Waals surface area contributed by atoms with Crippen LogP contribution in [0.1, 0.15) is 31.0 Å². The zero-order chi connectivity index (χ0) is 24.0. The van der Waals surface area contributed by atoms with Crippen LogP contribution >= 0.6 is 0 Å². The average Bonchev–Trinajstić information content (AvgIpc) is 3.11. The number of halogens is 4. The smallest absolute Gasteiger partial charge is 0.290 e. The van der Waals surface area contributed by atoms with E-state index in [-0.39, 0.29) is 46.8 Å². The molecule has 3 heterocycles. The third-order valence-electron chi connectivity index (χ3n) is 6.69. The second-order valence-electron chi connectivity index (χ2n) is 8.92. The second-order valence-corrected chi connectivity index (χ2v) is 8.92. The number of rotatable bonds is 5. The van der Waals surface area contributed by atoms with Crippen molar-refractivity contribution in [2.24, 2.45) is 0 Å². The number of carbonyl (C=O) groups excluding carboxylic acids is 1. The molecule has 0 radical (unpaired) electrons. The summed E-state index contributed by atoms with van der Waals surface area (Å²) < 4.78 is 64.0. The van der Waals surface area contributed by atoms with Gasteiger partial charge in [-0.15, -0.1) is 0 Å². The van der Waals surface area contributed by atoms with Crippen LogP contribution in [0.15, 0.2) is 12.1 Å². The molecule has 1 unspecified atom stereocenters. The largest absolute Gasteiger partial charge is 0.478 e. The molecule has 1 atom stereocenters. The number of nitrogens with one attached hydrogen (secondary N) is 1. The molecular weight excluding hydrogens is 454 g/mol. The molecule has 1 N–H and O–H groups in total. The Bertz CT molecular complexity index is 1100. The van der Waals surface area contributed by atoms with Crippen LogP contribution < -0.4 is 15.0 Å². The first kappa shape index (κ1) is 22.8. The molecule has 1 aromatic carbocycles. The highest BCUT2D eigenvalue weighted by molar-refractivity contribution is 5.78. The first-order valence-electron chi connectivity index (χ1n) is 11.4. The Morgan fingerprint density at radius 2 is 1.88 bits per heavy atom. The van der Waals surface area contributed by atoms with Crippen LogP contribution in [-0.2, 0) is 17.1 Å². The number of amides is 1. The van der Waals surface area contributed by atoms with Gasteiger partial charge < -0.3 is 19.9 Å². The molecule has 5 rings (SSSR count). The number of benzene rings is 1. The summed E-state index contributed by atoms with van der Waals surface area (Å²) >= 11 is 0. The van der Waals surface area contributed by atoms with Crippen molar-refractivity contribution in [3.8, 4) is 17.0 Å². The molecule has 0 saturated carbocycles. The maximum Gasteiger partial charge on any atom is 0.290 e.